The summed E-state index contributed by atoms with van der Waals surface area (Å²) in [6.45, 7) is 7.14. The van der Waals surface area contributed by atoms with Gasteiger partial charge in [0, 0.05) is 63.1 Å². The summed E-state index contributed by atoms with van der Waals surface area (Å²) in [5, 5.41) is 23.3. The van der Waals surface area contributed by atoms with E-state index in [0.717, 1.165) is 69.6 Å². The molecule has 1 aromatic carbocycles. The molecule has 11 nitrogen and oxygen atoms in total. The minimum atomic E-state index is 0.0907. The zero-order valence-electron chi connectivity index (χ0n) is 24.3. The van der Waals surface area contributed by atoms with Gasteiger partial charge in [-0.05, 0) is 49.8 Å². The number of anilines is 1. The number of nitrogens with zero attached hydrogens (tertiary/aromatic N) is 6. The Morgan fingerprint density at radius 2 is 1.95 bits per heavy atom. The van der Waals surface area contributed by atoms with Crippen LogP contribution in [0.1, 0.15) is 49.8 Å². The Balaban J connectivity index is 1.39. The number of benzene rings is 1. The van der Waals surface area contributed by atoms with Gasteiger partial charge in [-0.1, -0.05) is 24.3 Å². The molecule has 3 heterocycles. The van der Waals surface area contributed by atoms with Crippen molar-refractivity contribution in [1.29, 1.82) is 5.26 Å². The van der Waals surface area contributed by atoms with Gasteiger partial charge < -0.3 is 20.1 Å². The van der Waals surface area contributed by atoms with E-state index in [0.29, 0.717) is 24.4 Å². The highest BCUT2D eigenvalue weighted by atomic mass is 16.5. The molecule has 0 amide bonds. The number of methoxy groups -OCH3 is 1. The Morgan fingerprint density at radius 3 is 2.63 bits per heavy atom. The van der Waals surface area contributed by atoms with Crippen molar-refractivity contribution in [3.05, 3.63) is 47.8 Å². The van der Waals surface area contributed by atoms with Crippen molar-refractivity contribution in [2.24, 2.45) is 4.99 Å². The molecule has 1 atom stereocenters. The first kappa shape index (κ1) is 28.8. The fourth-order valence-corrected chi connectivity index (χ4v) is 5.86. The Labute approximate surface area is 241 Å². The number of ether oxygens (including phenoxy) is 2. The fourth-order valence-electron chi connectivity index (χ4n) is 5.86. The van der Waals surface area contributed by atoms with Crippen LogP contribution < -0.4 is 16.0 Å². The third-order valence-corrected chi connectivity index (χ3v) is 8.00. The predicted molar refractivity (Wildman–Crippen MR) is 160 cm³/mol. The van der Waals surface area contributed by atoms with Gasteiger partial charge in [-0.25, -0.2) is 9.50 Å². The maximum Gasteiger partial charge on any atom is 0.241 e. The topological polar surface area (TPSA) is 124 Å². The molecule has 0 unspecified atom stereocenters. The quantitative estimate of drug-likeness (QED) is 0.157. The van der Waals surface area contributed by atoms with E-state index in [4.69, 9.17) is 19.8 Å². The summed E-state index contributed by atoms with van der Waals surface area (Å²) in [4.78, 5) is 11.2. The molecule has 218 valence electrons. The van der Waals surface area contributed by atoms with E-state index in [9.17, 15) is 0 Å². The third kappa shape index (κ3) is 7.14. The first-order valence-corrected chi connectivity index (χ1v) is 14.5. The van der Waals surface area contributed by atoms with E-state index in [1.165, 1.54) is 16.8 Å². The lowest BCUT2D eigenvalue weighted by atomic mass is 9.84. The maximum atomic E-state index is 8.97. The number of hydrogen-bond donors (Lipinski definition) is 3. The van der Waals surface area contributed by atoms with Crippen LogP contribution in [0.15, 0.2) is 41.5 Å². The SMILES string of the molecule is CN=C(NC#N)NC1CCC(c2cc(-c3ccc(CN4CCOCC4)cc3)c3cnc(N[C@@H](C)COC)nn23)CC1. The van der Waals surface area contributed by atoms with Gasteiger partial charge in [0.1, 0.15) is 0 Å². The number of aliphatic imine (C=N–C) groups is 1. The summed E-state index contributed by atoms with van der Waals surface area (Å²) < 4.78 is 12.9. The number of nitrogens with one attached hydrogen (secondary N) is 3. The van der Waals surface area contributed by atoms with Crippen molar-refractivity contribution in [2.75, 3.05) is 52.4 Å². The molecule has 11 heteroatoms. The van der Waals surface area contributed by atoms with Crippen LogP contribution in [0.2, 0.25) is 0 Å². The van der Waals surface area contributed by atoms with Crippen LogP contribution in [0.25, 0.3) is 16.6 Å². The Kier molecular flexibility index (Phi) is 9.67. The highest BCUT2D eigenvalue weighted by molar-refractivity contribution is 5.82. The number of morpholine rings is 1. The molecule has 2 fully saturated rings. The Morgan fingerprint density at radius 1 is 1.20 bits per heavy atom. The number of fused-ring (bicyclic) bond motifs is 1. The number of rotatable bonds is 9. The van der Waals surface area contributed by atoms with Crippen LogP contribution in [0, 0.1) is 11.5 Å². The first-order chi connectivity index (χ1) is 20.1. The lowest BCUT2D eigenvalue weighted by Crippen LogP contribution is -2.43. The number of hydrogen-bond acceptors (Lipinski definition) is 8. The van der Waals surface area contributed by atoms with Gasteiger partial charge in [-0.3, -0.25) is 15.2 Å². The van der Waals surface area contributed by atoms with E-state index < -0.39 is 0 Å². The number of aromatic nitrogens is 3. The third-order valence-electron chi connectivity index (χ3n) is 8.00. The minimum Gasteiger partial charge on any atom is -0.383 e. The molecule has 5 rings (SSSR count). The number of nitriles is 1. The molecule has 1 saturated carbocycles. The summed E-state index contributed by atoms with van der Waals surface area (Å²) >= 11 is 0. The molecule has 1 aliphatic heterocycles. The fraction of sp³-hybridized carbons (Fsp3) is 0.533. The van der Waals surface area contributed by atoms with Crippen LogP contribution in [-0.4, -0.2) is 84.6 Å². The average Bonchev–Trinajstić information content (AvgIpc) is 3.37. The predicted octanol–water partition coefficient (Wildman–Crippen LogP) is 3.35. The second-order valence-electron chi connectivity index (χ2n) is 10.9. The van der Waals surface area contributed by atoms with Gasteiger partial charge in [0.2, 0.25) is 11.9 Å². The Bertz CT molecular complexity index is 1350. The summed E-state index contributed by atoms with van der Waals surface area (Å²) in [5.74, 6) is 1.48. The van der Waals surface area contributed by atoms with Crippen molar-refractivity contribution in [3.8, 4) is 17.3 Å². The molecule has 1 aliphatic carbocycles. The maximum absolute atomic E-state index is 8.97. The molecule has 3 aromatic rings. The normalized spacial score (nSPS) is 20.9. The largest absolute Gasteiger partial charge is 0.383 e. The molecule has 2 aliphatic rings. The van der Waals surface area contributed by atoms with Gasteiger partial charge in [-0.2, -0.15) is 5.26 Å². The summed E-state index contributed by atoms with van der Waals surface area (Å²) in [6, 6.07) is 11.6. The summed E-state index contributed by atoms with van der Waals surface area (Å²) in [6.07, 6.45) is 7.87. The monoisotopic (exact) mass is 559 g/mol. The van der Waals surface area contributed by atoms with E-state index in [1.807, 2.05) is 12.4 Å². The molecule has 3 N–H and O–H groups in total. The highest BCUT2D eigenvalue weighted by Crippen LogP contribution is 2.37. The van der Waals surface area contributed by atoms with Gasteiger partial charge in [0.25, 0.3) is 0 Å². The van der Waals surface area contributed by atoms with Crippen LogP contribution >= 0.6 is 0 Å². The van der Waals surface area contributed by atoms with Crippen LogP contribution in [0.3, 0.4) is 0 Å². The molecule has 1 saturated heterocycles. The second-order valence-corrected chi connectivity index (χ2v) is 10.9. The van der Waals surface area contributed by atoms with E-state index in [2.05, 4.69) is 72.6 Å². The van der Waals surface area contributed by atoms with Crippen LogP contribution in [-0.2, 0) is 16.0 Å². The van der Waals surface area contributed by atoms with Crippen molar-refractivity contribution in [1.82, 2.24) is 30.1 Å². The molecule has 0 bridgehead atoms. The second kappa shape index (κ2) is 13.8. The van der Waals surface area contributed by atoms with Gasteiger partial charge >= 0.3 is 0 Å². The van der Waals surface area contributed by atoms with Crippen molar-refractivity contribution in [3.63, 3.8) is 0 Å². The lowest BCUT2D eigenvalue weighted by Gasteiger charge is -2.29. The van der Waals surface area contributed by atoms with Crippen LogP contribution in [0.4, 0.5) is 5.95 Å². The molecule has 41 heavy (non-hydrogen) atoms. The molecular formula is C30H41N9O2. The molecule has 2 aromatic heterocycles. The first-order valence-electron chi connectivity index (χ1n) is 14.5. The molecular weight excluding hydrogens is 518 g/mol. The van der Waals surface area contributed by atoms with Crippen molar-refractivity contribution >= 4 is 17.4 Å². The summed E-state index contributed by atoms with van der Waals surface area (Å²) in [5.41, 5.74) is 5.83. The standard InChI is InChI=1S/C30H41N9O2/c1-21(19-40-3)35-30-33-17-28-26(23-6-4-22(5-7-23)18-38-12-14-41-15-13-38)16-27(39(28)37-30)24-8-10-25(11-9-24)36-29(32-2)34-20-31/h4-7,16-17,21,24-25H,8-15,18-19H2,1-3H3,(H,35,37)(H2,32,34,36)/t21-,24?,25?/m0/s1. The van der Waals surface area contributed by atoms with E-state index >= 15 is 0 Å². The summed E-state index contributed by atoms with van der Waals surface area (Å²) in [7, 11) is 3.38. The average molecular weight is 560 g/mol. The highest BCUT2D eigenvalue weighted by Gasteiger charge is 2.27. The van der Waals surface area contributed by atoms with E-state index in [1.54, 1.807) is 14.2 Å². The zero-order chi connectivity index (χ0) is 28.6. The number of guanidine groups is 1. The Hall–Kier alpha value is -3.72. The van der Waals surface area contributed by atoms with Crippen molar-refractivity contribution < 1.29 is 9.47 Å². The molecule has 0 spiro atoms. The van der Waals surface area contributed by atoms with Gasteiger partial charge in [0.05, 0.1) is 31.5 Å². The smallest absolute Gasteiger partial charge is 0.241 e. The van der Waals surface area contributed by atoms with Gasteiger partial charge in [-0.15, -0.1) is 5.10 Å². The van der Waals surface area contributed by atoms with Gasteiger partial charge in [0.15, 0.2) is 6.19 Å². The van der Waals surface area contributed by atoms with E-state index in [-0.39, 0.29) is 12.1 Å². The van der Waals surface area contributed by atoms with Crippen molar-refractivity contribution in [2.45, 2.75) is 57.2 Å². The minimum absolute atomic E-state index is 0.0907. The van der Waals surface area contributed by atoms with Crippen LogP contribution in [0.5, 0.6) is 0 Å². The molecule has 0 radical (unpaired) electrons. The lowest BCUT2D eigenvalue weighted by molar-refractivity contribution is 0.0342. The zero-order valence-corrected chi connectivity index (χ0v) is 24.3.